The molecule has 1 saturated heterocycles. The molecule has 0 radical (unpaired) electrons. The first-order chi connectivity index (χ1) is 12.1. The van der Waals surface area contributed by atoms with E-state index in [4.69, 9.17) is 4.74 Å². The van der Waals surface area contributed by atoms with Gasteiger partial charge in [0.05, 0.1) is 12.3 Å². The molecule has 2 heterocycles. The van der Waals surface area contributed by atoms with E-state index in [0.717, 1.165) is 43.9 Å². The highest BCUT2D eigenvalue weighted by molar-refractivity contribution is 5.75. The fraction of sp³-hybridized carbons (Fsp3) is 0.444. The summed E-state index contributed by atoms with van der Waals surface area (Å²) in [4.78, 5) is 11.9. The first kappa shape index (κ1) is 17.5. The third kappa shape index (κ3) is 4.85. The SMILES string of the molecule is O=C(CCC1CCCCO1)NCc1cnn(-c2ccc(F)cc2F)c1. The number of hydrogen-bond donors (Lipinski definition) is 1. The van der Waals surface area contributed by atoms with Crippen LogP contribution in [0.5, 0.6) is 0 Å². The van der Waals surface area contributed by atoms with E-state index in [2.05, 4.69) is 10.4 Å². The van der Waals surface area contributed by atoms with Gasteiger partial charge in [0, 0.05) is 37.4 Å². The first-order valence-corrected chi connectivity index (χ1v) is 8.49. The summed E-state index contributed by atoms with van der Waals surface area (Å²) in [5.74, 6) is -1.37. The maximum atomic E-state index is 13.8. The molecule has 1 N–H and O–H groups in total. The number of carbonyl (C=O) groups excluding carboxylic acids is 1. The molecule has 1 aliphatic rings. The Bertz CT molecular complexity index is 727. The molecule has 7 heteroatoms. The molecule has 1 amide bonds. The number of aromatic nitrogens is 2. The quantitative estimate of drug-likeness (QED) is 0.872. The van der Waals surface area contributed by atoms with Crippen LogP contribution >= 0.6 is 0 Å². The van der Waals surface area contributed by atoms with Gasteiger partial charge in [-0.1, -0.05) is 0 Å². The summed E-state index contributed by atoms with van der Waals surface area (Å²) in [6.45, 7) is 1.10. The van der Waals surface area contributed by atoms with E-state index < -0.39 is 11.6 Å². The summed E-state index contributed by atoms with van der Waals surface area (Å²) in [6.07, 6.45) is 7.77. The lowest BCUT2D eigenvalue weighted by atomic mass is 10.0. The maximum absolute atomic E-state index is 13.8. The lowest BCUT2D eigenvalue weighted by Crippen LogP contribution is -2.26. The highest BCUT2D eigenvalue weighted by Crippen LogP contribution is 2.17. The number of nitrogens with zero attached hydrogens (tertiary/aromatic N) is 2. The van der Waals surface area contributed by atoms with Gasteiger partial charge in [-0.2, -0.15) is 5.10 Å². The Labute approximate surface area is 145 Å². The molecule has 5 nitrogen and oxygen atoms in total. The molecular weight excluding hydrogens is 328 g/mol. The number of halogens is 2. The topological polar surface area (TPSA) is 56.1 Å². The van der Waals surface area contributed by atoms with Gasteiger partial charge in [-0.25, -0.2) is 13.5 Å². The highest BCUT2D eigenvalue weighted by Gasteiger charge is 2.15. The second kappa shape index (κ2) is 8.20. The Kier molecular flexibility index (Phi) is 5.75. The van der Waals surface area contributed by atoms with Crippen LogP contribution in [0.15, 0.2) is 30.6 Å². The molecule has 2 aromatic rings. The number of carbonyl (C=O) groups is 1. The molecule has 134 valence electrons. The second-order valence-electron chi connectivity index (χ2n) is 6.19. The van der Waals surface area contributed by atoms with Crippen LogP contribution in [0.4, 0.5) is 8.78 Å². The molecule has 1 unspecified atom stereocenters. The average Bonchev–Trinajstić information content (AvgIpc) is 3.08. The lowest BCUT2D eigenvalue weighted by Gasteiger charge is -2.22. The lowest BCUT2D eigenvalue weighted by molar-refractivity contribution is -0.122. The van der Waals surface area contributed by atoms with E-state index >= 15 is 0 Å². The molecule has 0 spiro atoms. The summed E-state index contributed by atoms with van der Waals surface area (Å²) in [5, 5.41) is 6.88. The normalized spacial score (nSPS) is 17.4. The summed E-state index contributed by atoms with van der Waals surface area (Å²) >= 11 is 0. The third-order valence-electron chi connectivity index (χ3n) is 4.25. The van der Waals surface area contributed by atoms with Gasteiger partial charge in [0.25, 0.3) is 0 Å². The zero-order valence-corrected chi connectivity index (χ0v) is 13.9. The van der Waals surface area contributed by atoms with Crippen molar-refractivity contribution < 1.29 is 18.3 Å². The number of ether oxygens (including phenoxy) is 1. The summed E-state index contributed by atoms with van der Waals surface area (Å²) in [7, 11) is 0. The fourth-order valence-corrected chi connectivity index (χ4v) is 2.87. The molecule has 0 bridgehead atoms. The van der Waals surface area contributed by atoms with Gasteiger partial charge >= 0.3 is 0 Å². The van der Waals surface area contributed by atoms with Crippen molar-refractivity contribution in [2.75, 3.05) is 6.61 Å². The molecular formula is C18H21F2N3O2. The Balaban J connectivity index is 1.48. The van der Waals surface area contributed by atoms with Crippen LogP contribution in [0.2, 0.25) is 0 Å². The van der Waals surface area contributed by atoms with E-state index in [9.17, 15) is 13.6 Å². The minimum atomic E-state index is -0.689. The van der Waals surface area contributed by atoms with Gasteiger partial charge in [-0.05, 0) is 37.8 Å². The molecule has 1 aliphatic heterocycles. The van der Waals surface area contributed by atoms with Crippen LogP contribution in [0.25, 0.3) is 5.69 Å². The number of hydrogen-bond acceptors (Lipinski definition) is 3. The Morgan fingerprint density at radius 3 is 3.00 bits per heavy atom. The van der Waals surface area contributed by atoms with Crippen molar-refractivity contribution in [2.45, 2.75) is 44.8 Å². The zero-order valence-electron chi connectivity index (χ0n) is 13.9. The Morgan fingerprint density at radius 1 is 1.36 bits per heavy atom. The minimum absolute atomic E-state index is 0.0464. The Morgan fingerprint density at radius 2 is 2.24 bits per heavy atom. The maximum Gasteiger partial charge on any atom is 0.220 e. The minimum Gasteiger partial charge on any atom is -0.378 e. The van der Waals surface area contributed by atoms with Crippen molar-refractivity contribution >= 4 is 5.91 Å². The average molecular weight is 349 g/mol. The molecule has 25 heavy (non-hydrogen) atoms. The fourth-order valence-electron chi connectivity index (χ4n) is 2.87. The first-order valence-electron chi connectivity index (χ1n) is 8.49. The zero-order chi connectivity index (χ0) is 17.6. The Hall–Kier alpha value is -2.28. The van der Waals surface area contributed by atoms with Crippen LogP contribution in [0.3, 0.4) is 0 Å². The number of rotatable bonds is 6. The van der Waals surface area contributed by atoms with Crippen molar-refractivity contribution in [3.63, 3.8) is 0 Å². The van der Waals surface area contributed by atoms with Gasteiger partial charge in [-0.15, -0.1) is 0 Å². The van der Waals surface area contributed by atoms with Crippen molar-refractivity contribution in [2.24, 2.45) is 0 Å². The van der Waals surface area contributed by atoms with Gasteiger partial charge in [-0.3, -0.25) is 4.79 Å². The van der Waals surface area contributed by atoms with E-state index in [0.29, 0.717) is 13.0 Å². The van der Waals surface area contributed by atoms with Gasteiger partial charge in [0.15, 0.2) is 5.82 Å². The predicted molar refractivity (Wildman–Crippen MR) is 88.2 cm³/mol. The third-order valence-corrected chi connectivity index (χ3v) is 4.25. The van der Waals surface area contributed by atoms with Crippen molar-refractivity contribution in [3.05, 3.63) is 47.8 Å². The molecule has 0 aliphatic carbocycles. The number of benzene rings is 1. The highest BCUT2D eigenvalue weighted by atomic mass is 19.1. The molecule has 1 fully saturated rings. The van der Waals surface area contributed by atoms with Crippen LogP contribution in [0, 0.1) is 11.6 Å². The van der Waals surface area contributed by atoms with Crippen LogP contribution < -0.4 is 5.32 Å². The number of amides is 1. The smallest absolute Gasteiger partial charge is 0.220 e. The number of nitrogens with one attached hydrogen (secondary N) is 1. The second-order valence-corrected chi connectivity index (χ2v) is 6.19. The van der Waals surface area contributed by atoms with Gasteiger partial charge in [0.2, 0.25) is 5.91 Å². The van der Waals surface area contributed by atoms with Crippen molar-refractivity contribution in [1.82, 2.24) is 15.1 Å². The van der Waals surface area contributed by atoms with Crippen LogP contribution in [-0.4, -0.2) is 28.4 Å². The summed E-state index contributed by atoms with van der Waals surface area (Å²) in [5.41, 5.74) is 0.902. The molecule has 3 rings (SSSR count). The van der Waals surface area contributed by atoms with Gasteiger partial charge < -0.3 is 10.1 Å². The van der Waals surface area contributed by atoms with E-state index in [1.807, 2.05) is 0 Å². The molecule has 1 atom stereocenters. The van der Waals surface area contributed by atoms with Crippen molar-refractivity contribution in [3.8, 4) is 5.69 Å². The molecule has 1 aromatic carbocycles. The van der Waals surface area contributed by atoms with E-state index in [1.165, 1.54) is 16.8 Å². The van der Waals surface area contributed by atoms with E-state index in [-0.39, 0.29) is 17.7 Å². The largest absolute Gasteiger partial charge is 0.378 e. The molecule has 0 saturated carbocycles. The van der Waals surface area contributed by atoms with Crippen LogP contribution in [0.1, 0.15) is 37.7 Å². The summed E-state index contributed by atoms with van der Waals surface area (Å²) in [6, 6.07) is 3.31. The van der Waals surface area contributed by atoms with Crippen molar-refractivity contribution in [1.29, 1.82) is 0 Å². The van der Waals surface area contributed by atoms with Crippen LogP contribution in [-0.2, 0) is 16.1 Å². The summed E-state index contributed by atoms with van der Waals surface area (Å²) < 4.78 is 33.6. The predicted octanol–water partition coefficient (Wildman–Crippen LogP) is 3.12. The van der Waals surface area contributed by atoms with E-state index in [1.54, 1.807) is 12.4 Å². The van der Waals surface area contributed by atoms with Gasteiger partial charge in [0.1, 0.15) is 11.5 Å². The monoisotopic (exact) mass is 349 g/mol. The molecule has 1 aromatic heterocycles. The standard InChI is InChI=1S/C18H21F2N3O2/c19-14-4-6-17(16(20)9-14)23-12-13(11-22-23)10-21-18(24)7-5-15-3-1-2-8-25-15/h4,6,9,11-12,15H,1-3,5,7-8,10H2,(H,21,24).